The third-order valence-corrected chi connectivity index (χ3v) is 8.23. The van der Waals surface area contributed by atoms with E-state index in [1.807, 2.05) is 24.5 Å². The van der Waals surface area contributed by atoms with Gasteiger partial charge in [-0.2, -0.15) is 0 Å². The third-order valence-electron chi connectivity index (χ3n) is 8.23. The summed E-state index contributed by atoms with van der Waals surface area (Å²) in [5.41, 5.74) is 3.54. The van der Waals surface area contributed by atoms with Gasteiger partial charge in [0.1, 0.15) is 0 Å². The number of nitrogens with zero attached hydrogens (tertiary/aromatic N) is 4. The largest absolute Gasteiger partial charge is 0.381 e. The van der Waals surface area contributed by atoms with Crippen molar-refractivity contribution in [2.24, 2.45) is 5.92 Å². The monoisotopic (exact) mass is 449 g/mol. The minimum Gasteiger partial charge on any atom is -0.381 e. The van der Waals surface area contributed by atoms with Crippen LogP contribution in [0.25, 0.3) is 11.4 Å². The van der Waals surface area contributed by atoms with Gasteiger partial charge >= 0.3 is 0 Å². The van der Waals surface area contributed by atoms with Gasteiger partial charge in [-0.25, -0.2) is 9.97 Å². The van der Waals surface area contributed by atoms with Gasteiger partial charge in [0.15, 0.2) is 5.82 Å². The fourth-order valence-corrected chi connectivity index (χ4v) is 6.11. The van der Waals surface area contributed by atoms with E-state index in [1.54, 1.807) is 0 Å². The summed E-state index contributed by atoms with van der Waals surface area (Å²) in [5.74, 6) is 2.58. The van der Waals surface area contributed by atoms with Gasteiger partial charge in [-0.1, -0.05) is 13.8 Å². The Morgan fingerprint density at radius 2 is 1.88 bits per heavy atom. The number of ether oxygens (including phenoxy) is 1. The van der Waals surface area contributed by atoms with Crippen molar-refractivity contribution >= 4 is 0 Å². The van der Waals surface area contributed by atoms with Crippen LogP contribution in [0.1, 0.15) is 75.6 Å². The van der Waals surface area contributed by atoms with E-state index < -0.39 is 0 Å². The second-order valence-corrected chi connectivity index (χ2v) is 10.1. The van der Waals surface area contributed by atoms with Crippen LogP contribution >= 0.6 is 0 Å². The van der Waals surface area contributed by atoms with E-state index in [2.05, 4.69) is 35.1 Å². The highest BCUT2D eigenvalue weighted by Gasteiger charge is 2.41. The summed E-state index contributed by atoms with van der Waals surface area (Å²) in [5, 5.41) is 3.85. The molecule has 4 aliphatic heterocycles. The maximum Gasteiger partial charge on any atom is 0.159 e. The average Bonchev–Trinajstić information content (AvgIpc) is 2.89. The number of aromatic nitrogens is 3. The minimum absolute atomic E-state index is 0.491. The first-order valence-corrected chi connectivity index (χ1v) is 13.1. The number of hydrogen-bond acceptors (Lipinski definition) is 6. The van der Waals surface area contributed by atoms with E-state index in [1.165, 1.54) is 30.8 Å². The van der Waals surface area contributed by atoms with E-state index in [-0.39, 0.29) is 0 Å². The average molecular weight is 450 g/mol. The topological polar surface area (TPSA) is 63.2 Å². The Hall–Kier alpha value is -1.89. The normalized spacial score (nSPS) is 27.8. The van der Waals surface area contributed by atoms with Gasteiger partial charge < -0.3 is 10.1 Å². The molecule has 6 heteroatoms. The third kappa shape index (κ3) is 5.13. The van der Waals surface area contributed by atoms with E-state index in [9.17, 15) is 0 Å². The smallest absolute Gasteiger partial charge is 0.159 e. The molecule has 6 rings (SSSR count). The number of piperidine rings is 3. The zero-order chi connectivity index (χ0) is 22.6. The maximum atomic E-state index is 5.52. The predicted octanol–water partition coefficient (Wildman–Crippen LogP) is 4.39. The zero-order valence-corrected chi connectivity index (χ0v) is 20.2. The zero-order valence-electron chi connectivity index (χ0n) is 20.2. The van der Waals surface area contributed by atoms with Crippen molar-refractivity contribution in [1.29, 1.82) is 0 Å². The number of pyridine rings is 1. The van der Waals surface area contributed by atoms with Crippen LogP contribution in [-0.4, -0.2) is 64.8 Å². The Kier molecular flexibility index (Phi) is 7.34. The molecule has 0 spiro atoms. The van der Waals surface area contributed by atoms with Gasteiger partial charge in [0, 0.05) is 79.6 Å². The fraction of sp³-hybridized carbons (Fsp3) is 0.667. The summed E-state index contributed by atoms with van der Waals surface area (Å²) < 4.78 is 5.52. The molecule has 2 bridgehead atoms. The molecule has 4 aliphatic rings. The lowest BCUT2D eigenvalue weighted by atomic mass is 9.73. The molecule has 1 N–H and O–H groups in total. The molecule has 4 fully saturated rings. The number of hydrogen-bond donors (Lipinski definition) is 1. The minimum atomic E-state index is 0.491. The summed E-state index contributed by atoms with van der Waals surface area (Å²) in [6, 6.07) is 7.69. The van der Waals surface area contributed by atoms with Crippen LogP contribution in [0.2, 0.25) is 0 Å². The summed E-state index contributed by atoms with van der Waals surface area (Å²) in [7, 11) is 0. The van der Waals surface area contributed by atoms with Crippen molar-refractivity contribution in [2.45, 2.75) is 76.3 Å². The standard InChI is InChI=1S/C27H39N5O/c1-3-19(4-2)25-16-26(31-27(30-25)20-5-10-28-11-6-20)24-18-32-12-7-21(24)15-23(32)17-29-22-8-13-33-14-9-22/h5-6,10-11,16,19,21-24,29H,3-4,7-9,12-15,17-18H2,1-2H3. The molecule has 2 aromatic rings. The Balaban J connectivity index is 1.35. The molecule has 0 radical (unpaired) electrons. The van der Waals surface area contributed by atoms with Crippen LogP contribution in [0.15, 0.2) is 30.6 Å². The second-order valence-electron chi connectivity index (χ2n) is 10.1. The highest BCUT2D eigenvalue weighted by molar-refractivity contribution is 5.54. The van der Waals surface area contributed by atoms with Crippen LogP contribution in [0.4, 0.5) is 0 Å². The lowest BCUT2D eigenvalue weighted by molar-refractivity contribution is 0.0235. The van der Waals surface area contributed by atoms with Gasteiger partial charge in [0.05, 0.1) is 0 Å². The lowest BCUT2D eigenvalue weighted by Gasteiger charge is -2.50. The Bertz CT molecular complexity index is 897. The van der Waals surface area contributed by atoms with Gasteiger partial charge in [-0.3, -0.25) is 9.88 Å². The Morgan fingerprint density at radius 3 is 2.58 bits per heavy atom. The SMILES string of the molecule is CCC(CC)c1cc(C2CN3CCC2CC3CNC2CCOCC2)nc(-c2ccncc2)n1. The van der Waals surface area contributed by atoms with Gasteiger partial charge in [-0.05, 0) is 69.2 Å². The predicted molar refractivity (Wildman–Crippen MR) is 131 cm³/mol. The molecule has 178 valence electrons. The van der Waals surface area contributed by atoms with E-state index in [4.69, 9.17) is 14.7 Å². The molecule has 0 amide bonds. The van der Waals surface area contributed by atoms with Crippen LogP contribution in [0.5, 0.6) is 0 Å². The van der Waals surface area contributed by atoms with Crippen LogP contribution in [0, 0.1) is 5.92 Å². The van der Waals surface area contributed by atoms with Crippen molar-refractivity contribution in [3.63, 3.8) is 0 Å². The molecule has 4 unspecified atom stereocenters. The molecular weight excluding hydrogens is 410 g/mol. The quantitative estimate of drug-likeness (QED) is 0.645. The molecule has 4 atom stereocenters. The molecule has 33 heavy (non-hydrogen) atoms. The molecular formula is C27H39N5O. The van der Waals surface area contributed by atoms with Gasteiger partial charge in [-0.15, -0.1) is 0 Å². The molecule has 6 nitrogen and oxygen atoms in total. The van der Waals surface area contributed by atoms with E-state index in [0.29, 0.717) is 29.8 Å². The number of rotatable bonds is 8. The van der Waals surface area contributed by atoms with Gasteiger partial charge in [0.25, 0.3) is 0 Å². The molecule has 4 saturated heterocycles. The van der Waals surface area contributed by atoms with E-state index >= 15 is 0 Å². The summed E-state index contributed by atoms with van der Waals surface area (Å²) in [6.07, 6.45) is 10.8. The van der Waals surface area contributed by atoms with Crippen LogP contribution in [0.3, 0.4) is 0 Å². The highest BCUT2D eigenvalue weighted by Crippen LogP contribution is 2.42. The Labute approximate surface area is 198 Å². The first-order valence-electron chi connectivity index (χ1n) is 13.1. The van der Waals surface area contributed by atoms with Crippen LogP contribution < -0.4 is 5.32 Å². The summed E-state index contributed by atoms with van der Waals surface area (Å²) in [4.78, 5) is 17.1. The summed E-state index contributed by atoms with van der Waals surface area (Å²) in [6.45, 7) is 9.81. The molecule has 0 aliphatic carbocycles. The van der Waals surface area contributed by atoms with Crippen LogP contribution in [-0.2, 0) is 4.74 Å². The number of fused-ring (bicyclic) bond motifs is 3. The number of nitrogens with one attached hydrogen (secondary N) is 1. The van der Waals surface area contributed by atoms with Gasteiger partial charge in [0.2, 0.25) is 0 Å². The Morgan fingerprint density at radius 1 is 1.09 bits per heavy atom. The highest BCUT2D eigenvalue weighted by atomic mass is 16.5. The lowest BCUT2D eigenvalue weighted by Crippen LogP contribution is -2.56. The first kappa shape index (κ1) is 22.9. The first-order chi connectivity index (χ1) is 16.2. The molecule has 0 saturated carbocycles. The van der Waals surface area contributed by atoms with Crippen molar-refractivity contribution < 1.29 is 4.74 Å². The van der Waals surface area contributed by atoms with Crippen molar-refractivity contribution in [3.05, 3.63) is 42.0 Å². The van der Waals surface area contributed by atoms with E-state index in [0.717, 1.165) is 63.4 Å². The summed E-state index contributed by atoms with van der Waals surface area (Å²) >= 11 is 0. The molecule has 0 aromatic carbocycles. The molecule has 6 heterocycles. The fourth-order valence-electron chi connectivity index (χ4n) is 6.11. The van der Waals surface area contributed by atoms with Crippen molar-refractivity contribution in [3.8, 4) is 11.4 Å². The van der Waals surface area contributed by atoms with Crippen molar-refractivity contribution in [2.75, 3.05) is 32.8 Å². The molecule has 2 aromatic heterocycles. The maximum absolute atomic E-state index is 5.52. The second kappa shape index (κ2) is 10.6. The van der Waals surface area contributed by atoms with Crippen molar-refractivity contribution in [1.82, 2.24) is 25.2 Å².